The van der Waals surface area contributed by atoms with Crippen LogP contribution in [-0.2, 0) is 6.54 Å². The van der Waals surface area contributed by atoms with Gasteiger partial charge in [0.2, 0.25) is 0 Å². The zero-order valence-corrected chi connectivity index (χ0v) is 18.1. The predicted octanol–water partition coefficient (Wildman–Crippen LogP) is 3.78. The van der Waals surface area contributed by atoms with E-state index < -0.39 is 0 Å². The molecule has 0 bridgehead atoms. The Morgan fingerprint density at radius 1 is 1.18 bits per heavy atom. The van der Waals surface area contributed by atoms with Gasteiger partial charge in [0.15, 0.2) is 0 Å². The molecule has 0 aliphatic carbocycles. The van der Waals surface area contributed by atoms with Crippen LogP contribution in [0.15, 0.2) is 35.1 Å². The van der Waals surface area contributed by atoms with Crippen LogP contribution >= 0.6 is 22.7 Å². The van der Waals surface area contributed by atoms with Gasteiger partial charge in [-0.1, -0.05) is 26.0 Å². The summed E-state index contributed by atoms with van der Waals surface area (Å²) in [6, 6.07) is 10.2. The van der Waals surface area contributed by atoms with Crippen LogP contribution in [0.1, 0.15) is 35.8 Å². The molecule has 0 aliphatic heterocycles. The molecule has 1 aromatic carbocycles. The van der Waals surface area contributed by atoms with Crippen LogP contribution in [0.25, 0.3) is 22.4 Å². The van der Waals surface area contributed by atoms with Crippen molar-refractivity contribution in [2.45, 2.75) is 34.2 Å². The predicted molar refractivity (Wildman–Crippen MR) is 120 cm³/mol. The van der Waals surface area contributed by atoms with Crippen LogP contribution < -0.4 is 14.8 Å². The zero-order valence-electron chi connectivity index (χ0n) is 16.4. The van der Waals surface area contributed by atoms with Gasteiger partial charge in [-0.15, -0.1) is 22.7 Å². The van der Waals surface area contributed by atoms with Gasteiger partial charge in [-0.25, -0.2) is 4.98 Å². The molecular weight excluding hydrogens is 386 g/mol. The van der Waals surface area contributed by atoms with E-state index in [-0.39, 0.29) is 5.56 Å². The van der Waals surface area contributed by atoms with Crippen LogP contribution in [0.2, 0.25) is 0 Å². The van der Waals surface area contributed by atoms with Crippen LogP contribution in [0.4, 0.5) is 0 Å². The summed E-state index contributed by atoms with van der Waals surface area (Å²) in [7, 11) is 0. The minimum atomic E-state index is -0.0500. The van der Waals surface area contributed by atoms with E-state index in [1.807, 2.05) is 30.4 Å². The SMILES string of the molecule is Cc1cc(/C=c2\s/c(=C\c3nc4ccccc4s3)[nH]c2=O)c(C)n1CC(C)C. The van der Waals surface area contributed by atoms with E-state index in [0.29, 0.717) is 5.92 Å². The summed E-state index contributed by atoms with van der Waals surface area (Å²) in [5.74, 6) is 0.581. The number of hydrogen-bond donors (Lipinski definition) is 1. The van der Waals surface area contributed by atoms with Gasteiger partial charge in [-0.05, 0) is 49.6 Å². The summed E-state index contributed by atoms with van der Waals surface area (Å²) in [5.41, 5.74) is 4.48. The van der Waals surface area contributed by atoms with Crippen LogP contribution in [0.3, 0.4) is 0 Å². The monoisotopic (exact) mass is 409 g/mol. The maximum absolute atomic E-state index is 12.5. The van der Waals surface area contributed by atoms with Crippen molar-refractivity contribution >= 4 is 45.0 Å². The molecule has 144 valence electrons. The van der Waals surface area contributed by atoms with E-state index >= 15 is 0 Å². The number of nitrogens with one attached hydrogen (secondary N) is 1. The second-order valence-electron chi connectivity index (χ2n) is 7.42. The van der Waals surface area contributed by atoms with Crippen LogP contribution in [-0.4, -0.2) is 14.5 Å². The van der Waals surface area contributed by atoms with Crippen molar-refractivity contribution in [3.8, 4) is 0 Å². The Bertz CT molecular complexity index is 1280. The minimum absolute atomic E-state index is 0.0500. The topological polar surface area (TPSA) is 50.7 Å². The first-order valence-corrected chi connectivity index (χ1v) is 11.0. The van der Waals surface area contributed by atoms with Crippen molar-refractivity contribution in [2.24, 2.45) is 5.92 Å². The van der Waals surface area contributed by atoms with Gasteiger partial charge in [-0.2, -0.15) is 0 Å². The molecule has 1 N–H and O–H groups in total. The fourth-order valence-corrected chi connectivity index (χ4v) is 5.22. The van der Waals surface area contributed by atoms with Gasteiger partial charge < -0.3 is 9.55 Å². The fourth-order valence-electron chi connectivity index (χ4n) is 3.35. The van der Waals surface area contributed by atoms with Crippen LogP contribution in [0, 0.1) is 19.8 Å². The van der Waals surface area contributed by atoms with Crippen molar-refractivity contribution in [3.63, 3.8) is 0 Å². The van der Waals surface area contributed by atoms with E-state index in [4.69, 9.17) is 0 Å². The van der Waals surface area contributed by atoms with Crippen molar-refractivity contribution < 1.29 is 0 Å². The normalized spacial score (nSPS) is 13.3. The molecule has 4 aromatic rings. The summed E-state index contributed by atoms with van der Waals surface area (Å²) in [4.78, 5) is 20.1. The standard InChI is InChI=1S/C22H23N3OS2/c1-13(2)12-25-14(3)9-16(15(25)4)10-19-22(26)24-21(28-19)11-20-23-17-7-5-6-8-18(17)27-20/h5-11,13H,12H2,1-4H3,(H,24,26)/b19-10-,21-11-. The average Bonchev–Trinajstić information content (AvgIpc) is 3.27. The lowest BCUT2D eigenvalue weighted by Crippen LogP contribution is -2.19. The third kappa shape index (κ3) is 3.75. The Labute approximate surface area is 171 Å². The summed E-state index contributed by atoms with van der Waals surface area (Å²) in [6.45, 7) is 9.67. The smallest absolute Gasteiger partial charge is 0.266 e. The Morgan fingerprint density at radius 3 is 2.71 bits per heavy atom. The summed E-state index contributed by atoms with van der Waals surface area (Å²) in [5, 5.41) is 0.903. The maximum atomic E-state index is 12.5. The third-order valence-electron chi connectivity index (χ3n) is 4.69. The number of aromatic amines is 1. The molecule has 3 heterocycles. The molecule has 0 radical (unpaired) electrons. The van der Waals surface area contributed by atoms with E-state index in [1.54, 1.807) is 11.3 Å². The molecule has 0 aliphatic rings. The first kappa shape index (κ1) is 18.9. The highest BCUT2D eigenvalue weighted by Crippen LogP contribution is 2.21. The number of hydrogen-bond acceptors (Lipinski definition) is 4. The van der Waals surface area contributed by atoms with E-state index in [1.165, 1.54) is 22.7 Å². The number of aryl methyl sites for hydroxylation is 1. The second kappa shape index (κ2) is 7.53. The second-order valence-corrected chi connectivity index (χ2v) is 9.57. The van der Waals surface area contributed by atoms with Gasteiger partial charge >= 0.3 is 0 Å². The third-order valence-corrected chi connectivity index (χ3v) is 6.64. The molecule has 4 rings (SSSR count). The molecule has 0 spiro atoms. The average molecular weight is 410 g/mol. The number of fused-ring (bicyclic) bond motifs is 1. The van der Waals surface area contributed by atoms with E-state index in [9.17, 15) is 4.79 Å². The van der Waals surface area contributed by atoms with Gasteiger partial charge in [0.05, 0.1) is 19.4 Å². The zero-order chi connectivity index (χ0) is 19.8. The number of aromatic nitrogens is 3. The molecule has 28 heavy (non-hydrogen) atoms. The van der Waals surface area contributed by atoms with E-state index in [2.05, 4.69) is 54.4 Å². The number of H-pyrrole nitrogens is 1. The lowest BCUT2D eigenvalue weighted by atomic mass is 10.2. The molecule has 0 atom stereocenters. The first-order chi connectivity index (χ1) is 13.4. The molecule has 0 amide bonds. The Morgan fingerprint density at radius 2 is 1.96 bits per heavy atom. The highest BCUT2D eigenvalue weighted by Gasteiger charge is 2.09. The molecule has 0 saturated heterocycles. The first-order valence-electron chi connectivity index (χ1n) is 9.35. The Kier molecular flexibility index (Phi) is 5.08. The highest BCUT2D eigenvalue weighted by atomic mass is 32.1. The van der Waals surface area contributed by atoms with E-state index in [0.717, 1.165) is 36.5 Å². The van der Waals surface area contributed by atoms with Crippen molar-refractivity contribution in [1.29, 1.82) is 0 Å². The molecule has 0 fully saturated rings. The molecule has 0 saturated carbocycles. The van der Waals surface area contributed by atoms with Gasteiger partial charge in [0.1, 0.15) is 5.01 Å². The number of benzene rings is 1. The molecule has 3 aromatic heterocycles. The maximum Gasteiger partial charge on any atom is 0.266 e. The molecule has 6 heteroatoms. The Hall–Kier alpha value is -2.44. The van der Waals surface area contributed by atoms with Crippen LogP contribution in [0.5, 0.6) is 0 Å². The van der Waals surface area contributed by atoms with Gasteiger partial charge in [0, 0.05) is 24.0 Å². The Balaban J connectivity index is 1.75. The van der Waals surface area contributed by atoms with Crippen molar-refractivity contribution in [2.75, 3.05) is 0 Å². The van der Waals surface area contributed by atoms with Crippen molar-refractivity contribution in [3.05, 3.63) is 71.8 Å². The summed E-state index contributed by atoms with van der Waals surface area (Å²) in [6.07, 6.45) is 3.95. The fraction of sp³-hybridized carbons (Fsp3) is 0.273. The number of nitrogens with zero attached hydrogens (tertiary/aromatic N) is 2. The number of thiazole rings is 2. The molecule has 0 unspecified atom stereocenters. The molecule has 4 nitrogen and oxygen atoms in total. The van der Waals surface area contributed by atoms with Gasteiger partial charge in [-0.3, -0.25) is 4.79 Å². The van der Waals surface area contributed by atoms with Crippen molar-refractivity contribution in [1.82, 2.24) is 14.5 Å². The number of para-hydroxylation sites is 1. The minimum Gasteiger partial charge on any atom is -0.348 e. The summed E-state index contributed by atoms with van der Waals surface area (Å²) < 4.78 is 5.02. The highest BCUT2D eigenvalue weighted by molar-refractivity contribution is 7.19. The lowest BCUT2D eigenvalue weighted by molar-refractivity contribution is 0.509. The number of rotatable bonds is 4. The summed E-state index contributed by atoms with van der Waals surface area (Å²) >= 11 is 3.10. The quantitative estimate of drug-likeness (QED) is 0.558. The molecular formula is C22H23N3OS2. The van der Waals surface area contributed by atoms with Gasteiger partial charge in [0.25, 0.3) is 5.56 Å². The lowest BCUT2D eigenvalue weighted by Gasteiger charge is -2.11. The largest absolute Gasteiger partial charge is 0.348 e.